The zero-order valence-electron chi connectivity index (χ0n) is 10.1. The molecule has 4 heteroatoms. The molecule has 1 fully saturated rings. The second-order valence-corrected chi connectivity index (χ2v) is 4.85. The molecule has 16 heavy (non-hydrogen) atoms. The molecule has 4 nitrogen and oxygen atoms in total. The average Bonchev–Trinajstić information content (AvgIpc) is 2.70. The van der Waals surface area contributed by atoms with Crippen LogP contribution in [0.25, 0.3) is 0 Å². The van der Waals surface area contributed by atoms with Crippen LogP contribution in [0.4, 0.5) is 0 Å². The molecule has 0 spiro atoms. The first kappa shape index (κ1) is 11.6. The van der Waals surface area contributed by atoms with Gasteiger partial charge in [0.15, 0.2) is 0 Å². The normalized spacial score (nSPS) is 19.1. The highest BCUT2D eigenvalue weighted by molar-refractivity contribution is 5.01. The van der Waals surface area contributed by atoms with Gasteiger partial charge in [0.1, 0.15) is 5.82 Å². The van der Waals surface area contributed by atoms with Crippen LogP contribution in [0, 0.1) is 5.92 Å². The Balaban J connectivity index is 1.83. The van der Waals surface area contributed by atoms with Crippen LogP contribution in [-0.2, 0) is 13.0 Å². The van der Waals surface area contributed by atoms with E-state index in [2.05, 4.69) is 21.8 Å². The van der Waals surface area contributed by atoms with Gasteiger partial charge in [0.2, 0.25) is 0 Å². The van der Waals surface area contributed by atoms with E-state index in [-0.39, 0.29) is 0 Å². The quantitative estimate of drug-likeness (QED) is 0.803. The van der Waals surface area contributed by atoms with E-state index in [1.165, 1.54) is 25.9 Å². The summed E-state index contributed by atoms with van der Waals surface area (Å²) in [6, 6.07) is 0. The van der Waals surface area contributed by atoms with Crippen molar-refractivity contribution < 1.29 is 0 Å². The molecule has 2 heterocycles. The minimum Gasteiger partial charge on any atom is -0.345 e. The summed E-state index contributed by atoms with van der Waals surface area (Å²) >= 11 is 0. The summed E-state index contributed by atoms with van der Waals surface area (Å²) in [5.74, 6) is 1.97. The first-order valence-corrected chi connectivity index (χ1v) is 6.23. The number of imidazole rings is 1. The van der Waals surface area contributed by atoms with Crippen molar-refractivity contribution in [3.8, 4) is 0 Å². The summed E-state index contributed by atoms with van der Waals surface area (Å²) in [6.07, 6.45) is 5.44. The molecule has 0 amide bonds. The fraction of sp³-hybridized carbons (Fsp3) is 0.750. The monoisotopic (exact) mass is 222 g/mol. The molecule has 0 aromatic carbocycles. The lowest BCUT2D eigenvalue weighted by Gasteiger charge is -2.29. The summed E-state index contributed by atoms with van der Waals surface area (Å²) in [5, 5.41) is 0. The number of likely N-dealkylation sites (tertiary alicyclic amines) is 1. The van der Waals surface area contributed by atoms with Crippen molar-refractivity contribution in [3.63, 3.8) is 0 Å². The summed E-state index contributed by atoms with van der Waals surface area (Å²) < 4.78 is 0. The third-order valence-corrected chi connectivity index (χ3v) is 3.34. The van der Waals surface area contributed by atoms with Crippen molar-refractivity contribution in [1.82, 2.24) is 14.9 Å². The number of aromatic nitrogens is 2. The Bertz CT molecular complexity index is 313. The van der Waals surface area contributed by atoms with Crippen LogP contribution in [-0.4, -0.2) is 34.5 Å². The van der Waals surface area contributed by atoms with Crippen molar-refractivity contribution in [2.75, 3.05) is 19.6 Å². The van der Waals surface area contributed by atoms with Gasteiger partial charge in [-0.15, -0.1) is 0 Å². The summed E-state index contributed by atoms with van der Waals surface area (Å²) in [7, 11) is 0. The van der Waals surface area contributed by atoms with E-state index >= 15 is 0 Å². The molecular formula is C12H22N4. The fourth-order valence-corrected chi connectivity index (χ4v) is 2.20. The summed E-state index contributed by atoms with van der Waals surface area (Å²) in [4.78, 5) is 10.2. The van der Waals surface area contributed by atoms with Crippen molar-refractivity contribution in [2.24, 2.45) is 11.7 Å². The summed E-state index contributed by atoms with van der Waals surface area (Å²) in [6.45, 7) is 6.38. The van der Waals surface area contributed by atoms with Crippen molar-refractivity contribution in [3.05, 3.63) is 17.7 Å². The Morgan fingerprint density at radius 2 is 2.25 bits per heavy atom. The second-order valence-electron chi connectivity index (χ2n) is 4.85. The van der Waals surface area contributed by atoms with Crippen LogP contribution in [0.15, 0.2) is 6.20 Å². The maximum atomic E-state index is 5.51. The second kappa shape index (κ2) is 5.46. The number of nitrogens with one attached hydrogen (secondary N) is 1. The Labute approximate surface area is 97.2 Å². The number of nitrogens with two attached hydrogens (primary N) is 1. The number of piperidine rings is 1. The molecule has 1 aliphatic rings. The number of aromatic amines is 1. The Kier molecular flexibility index (Phi) is 3.96. The largest absolute Gasteiger partial charge is 0.345 e. The Morgan fingerprint density at radius 3 is 2.94 bits per heavy atom. The summed E-state index contributed by atoms with van der Waals surface area (Å²) in [5.41, 5.74) is 6.67. The third kappa shape index (κ3) is 3.06. The number of nitrogens with zero attached hydrogens (tertiary/aromatic N) is 2. The van der Waals surface area contributed by atoms with Crippen molar-refractivity contribution in [1.29, 1.82) is 0 Å². The maximum Gasteiger partial charge on any atom is 0.120 e. The zero-order chi connectivity index (χ0) is 11.4. The van der Waals surface area contributed by atoms with Crippen molar-refractivity contribution >= 4 is 0 Å². The van der Waals surface area contributed by atoms with Gasteiger partial charge in [-0.2, -0.15) is 0 Å². The minimum absolute atomic E-state index is 0.683. The minimum atomic E-state index is 0.683. The molecule has 1 aromatic heterocycles. The first-order chi connectivity index (χ1) is 7.78. The van der Waals surface area contributed by atoms with Crippen LogP contribution in [0.1, 0.15) is 31.3 Å². The molecule has 90 valence electrons. The Morgan fingerprint density at radius 1 is 1.50 bits per heavy atom. The van der Waals surface area contributed by atoms with Gasteiger partial charge in [0.05, 0.1) is 6.54 Å². The van der Waals surface area contributed by atoms with E-state index in [1.807, 2.05) is 6.20 Å². The van der Waals surface area contributed by atoms with E-state index in [1.54, 1.807) is 0 Å². The van der Waals surface area contributed by atoms with Crippen LogP contribution < -0.4 is 5.73 Å². The van der Waals surface area contributed by atoms with Crippen LogP contribution in [0.3, 0.4) is 0 Å². The lowest BCUT2D eigenvalue weighted by Crippen LogP contribution is -2.32. The van der Waals surface area contributed by atoms with Gasteiger partial charge in [0, 0.05) is 18.3 Å². The first-order valence-electron chi connectivity index (χ1n) is 6.23. The third-order valence-electron chi connectivity index (χ3n) is 3.34. The highest BCUT2D eigenvalue weighted by Crippen LogP contribution is 2.17. The fourth-order valence-electron chi connectivity index (χ4n) is 2.20. The van der Waals surface area contributed by atoms with Gasteiger partial charge in [0.25, 0.3) is 0 Å². The smallest absolute Gasteiger partial charge is 0.120 e. The molecule has 0 atom stereocenters. The molecule has 2 rings (SSSR count). The zero-order valence-corrected chi connectivity index (χ0v) is 10.1. The number of hydrogen-bond acceptors (Lipinski definition) is 3. The lowest BCUT2D eigenvalue weighted by atomic mass is 9.99. The molecular weight excluding hydrogens is 200 g/mol. The number of H-pyrrole nitrogens is 1. The molecule has 0 aliphatic carbocycles. The van der Waals surface area contributed by atoms with Gasteiger partial charge < -0.3 is 10.7 Å². The van der Waals surface area contributed by atoms with Crippen molar-refractivity contribution in [2.45, 2.75) is 32.7 Å². The standard InChI is InChI=1S/C12H22N4/c1-10-3-6-16(7-4-10)9-12-14-8-11(15-12)2-5-13/h8,10H,2-7,9,13H2,1H3,(H,14,15). The van der Waals surface area contributed by atoms with E-state index in [0.29, 0.717) is 6.54 Å². The predicted octanol–water partition coefficient (Wildman–Crippen LogP) is 1.14. The van der Waals surface area contributed by atoms with Gasteiger partial charge in [-0.05, 0) is 38.4 Å². The highest BCUT2D eigenvalue weighted by atomic mass is 15.2. The predicted molar refractivity (Wildman–Crippen MR) is 65.0 cm³/mol. The maximum absolute atomic E-state index is 5.51. The number of hydrogen-bond donors (Lipinski definition) is 2. The van der Waals surface area contributed by atoms with Crippen LogP contribution in [0.2, 0.25) is 0 Å². The molecule has 0 bridgehead atoms. The van der Waals surface area contributed by atoms with Crippen LogP contribution >= 0.6 is 0 Å². The Hall–Kier alpha value is -0.870. The van der Waals surface area contributed by atoms with E-state index in [4.69, 9.17) is 5.73 Å². The molecule has 0 saturated carbocycles. The molecule has 1 aromatic rings. The van der Waals surface area contributed by atoms with E-state index < -0.39 is 0 Å². The average molecular weight is 222 g/mol. The van der Waals surface area contributed by atoms with Crippen LogP contribution in [0.5, 0.6) is 0 Å². The molecule has 0 unspecified atom stereocenters. The van der Waals surface area contributed by atoms with Gasteiger partial charge in [-0.3, -0.25) is 4.90 Å². The highest BCUT2D eigenvalue weighted by Gasteiger charge is 2.16. The lowest BCUT2D eigenvalue weighted by molar-refractivity contribution is 0.182. The van der Waals surface area contributed by atoms with Gasteiger partial charge >= 0.3 is 0 Å². The van der Waals surface area contributed by atoms with Gasteiger partial charge in [-0.1, -0.05) is 6.92 Å². The molecule has 1 aliphatic heterocycles. The molecule has 0 radical (unpaired) electrons. The van der Waals surface area contributed by atoms with E-state index in [0.717, 1.165) is 30.4 Å². The SMILES string of the molecule is CC1CCN(Cc2ncc(CCN)[nH]2)CC1. The number of rotatable bonds is 4. The van der Waals surface area contributed by atoms with E-state index in [9.17, 15) is 0 Å². The van der Waals surface area contributed by atoms with Gasteiger partial charge in [-0.25, -0.2) is 4.98 Å². The molecule has 3 N–H and O–H groups in total. The molecule has 1 saturated heterocycles. The topological polar surface area (TPSA) is 57.9 Å².